The van der Waals surface area contributed by atoms with Crippen molar-refractivity contribution >= 4 is 11.6 Å². The summed E-state index contributed by atoms with van der Waals surface area (Å²) in [7, 11) is 0. The first-order chi connectivity index (χ1) is 9.72. The monoisotopic (exact) mass is 278 g/mol. The van der Waals surface area contributed by atoms with Crippen LogP contribution < -0.4 is 10.2 Å². The highest BCUT2D eigenvalue weighted by Crippen LogP contribution is 2.25. The maximum atomic E-state index is 13.7. The number of carbonyl (C=O) groups excluding carboxylic acids is 1. The Morgan fingerprint density at radius 3 is 2.70 bits per heavy atom. The molecule has 1 heterocycles. The third-order valence-corrected chi connectivity index (χ3v) is 3.89. The third kappa shape index (κ3) is 3.71. The lowest BCUT2D eigenvalue weighted by Gasteiger charge is -2.33. The van der Waals surface area contributed by atoms with E-state index in [1.807, 2.05) is 11.0 Å². The lowest BCUT2D eigenvalue weighted by Crippen LogP contribution is -2.41. The normalized spacial score (nSPS) is 16.2. The van der Waals surface area contributed by atoms with Gasteiger partial charge in [-0.2, -0.15) is 0 Å². The molecular weight excluding hydrogens is 255 g/mol. The number of anilines is 1. The van der Waals surface area contributed by atoms with Crippen LogP contribution in [0.5, 0.6) is 0 Å². The molecule has 1 fully saturated rings. The van der Waals surface area contributed by atoms with Crippen LogP contribution in [-0.4, -0.2) is 25.5 Å². The number of halogens is 1. The van der Waals surface area contributed by atoms with Crippen molar-refractivity contribution in [1.29, 1.82) is 0 Å². The summed E-state index contributed by atoms with van der Waals surface area (Å²) in [6.45, 7) is 4.36. The lowest BCUT2D eigenvalue weighted by molar-refractivity contribution is -0.125. The molecule has 1 aliphatic rings. The highest BCUT2D eigenvalue weighted by atomic mass is 19.1. The van der Waals surface area contributed by atoms with Crippen molar-refractivity contribution in [3.63, 3.8) is 0 Å². The number of para-hydroxylation sites is 1. The number of nitrogens with zero attached hydrogens (tertiary/aromatic N) is 1. The molecule has 1 aromatic carbocycles. The number of benzene rings is 1. The summed E-state index contributed by atoms with van der Waals surface area (Å²) in [6, 6.07) is 6.84. The van der Waals surface area contributed by atoms with Gasteiger partial charge < -0.3 is 10.2 Å². The average molecular weight is 278 g/mol. The molecule has 1 amide bonds. The van der Waals surface area contributed by atoms with Crippen LogP contribution in [0.2, 0.25) is 0 Å². The molecule has 0 unspecified atom stereocenters. The molecule has 1 N–H and O–H groups in total. The van der Waals surface area contributed by atoms with Crippen LogP contribution in [0.3, 0.4) is 0 Å². The Kier molecular flexibility index (Phi) is 5.39. The molecule has 0 radical (unpaired) electrons. The number of hydrogen-bond donors (Lipinski definition) is 1. The van der Waals surface area contributed by atoms with Gasteiger partial charge in [0.1, 0.15) is 5.82 Å². The number of amides is 1. The number of hydrogen-bond acceptors (Lipinski definition) is 2. The topological polar surface area (TPSA) is 32.3 Å². The van der Waals surface area contributed by atoms with Crippen LogP contribution in [0.1, 0.15) is 32.6 Å². The van der Waals surface area contributed by atoms with Crippen molar-refractivity contribution in [3.05, 3.63) is 30.1 Å². The first kappa shape index (κ1) is 14.8. The van der Waals surface area contributed by atoms with Crippen LogP contribution in [0.15, 0.2) is 24.3 Å². The molecule has 0 aromatic heterocycles. The summed E-state index contributed by atoms with van der Waals surface area (Å²) in [4.78, 5) is 14.0. The van der Waals surface area contributed by atoms with E-state index in [0.717, 1.165) is 45.3 Å². The Labute approximate surface area is 120 Å². The second kappa shape index (κ2) is 7.27. The van der Waals surface area contributed by atoms with Gasteiger partial charge in [0.25, 0.3) is 0 Å². The van der Waals surface area contributed by atoms with Gasteiger partial charge in [-0.1, -0.05) is 25.5 Å². The zero-order valence-electron chi connectivity index (χ0n) is 12.1. The Balaban J connectivity index is 1.83. The predicted octanol–water partition coefficient (Wildman–Crippen LogP) is 2.96. The number of unbranched alkanes of at least 4 members (excludes halogenated alkanes) is 1. The van der Waals surface area contributed by atoms with Gasteiger partial charge in [-0.15, -0.1) is 0 Å². The number of carbonyl (C=O) groups is 1. The van der Waals surface area contributed by atoms with Gasteiger partial charge in [0.2, 0.25) is 5.91 Å². The van der Waals surface area contributed by atoms with E-state index in [9.17, 15) is 9.18 Å². The minimum Gasteiger partial charge on any atom is -0.369 e. The minimum atomic E-state index is -0.182. The van der Waals surface area contributed by atoms with Crippen LogP contribution in [0.25, 0.3) is 0 Å². The lowest BCUT2D eigenvalue weighted by atomic mass is 9.95. The van der Waals surface area contributed by atoms with Crippen molar-refractivity contribution < 1.29 is 9.18 Å². The van der Waals surface area contributed by atoms with Gasteiger partial charge >= 0.3 is 0 Å². The molecule has 20 heavy (non-hydrogen) atoms. The van der Waals surface area contributed by atoms with Crippen molar-refractivity contribution in [1.82, 2.24) is 5.32 Å². The van der Waals surface area contributed by atoms with E-state index >= 15 is 0 Å². The van der Waals surface area contributed by atoms with Gasteiger partial charge in [-0.25, -0.2) is 4.39 Å². The smallest absolute Gasteiger partial charge is 0.223 e. The summed E-state index contributed by atoms with van der Waals surface area (Å²) in [5.74, 6) is 0.0554. The molecule has 0 bridgehead atoms. The predicted molar refractivity (Wildman–Crippen MR) is 79.3 cm³/mol. The Bertz CT molecular complexity index is 442. The second-order valence-corrected chi connectivity index (χ2v) is 5.36. The van der Waals surface area contributed by atoms with E-state index < -0.39 is 0 Å². The summed E-state index contributed by atoms with van der Waals surface area (Å²) in [6.07, 6.45) is 3.71. The fourth-order valence-electron chi connectivity index (χ4n) is 2.62. The molecule has 110 valence electrons. The van der Waals surface area contributed by atoms with Crippen molar-refractivity contribution in [2.24, 2.45) is 5.92 Å². The molecule has 0 aliphatic carbocycles. The van der Waals surface area contributed by atoms with Gasteiger partial charge in [0.05, 0.1) is 5.69 Å². The zero-order valence-corrected chi connectivity index (χ0v) is 12.1. The van der Waals surface area contributed by atoms with Crippen molar-refractivity contribution in [2.45, 2.75) is 32.6 Å². The first-order valence-corrected chi connectivity index (χ1v) is 7.49. The zero-order chi connectivity index (χ0) is 14.4. The summed E-state index contributed by atoms with van der Waals surface area (Å²) < 4.78 is 13.7. The van der Waals surface area contributed by atoms with Gasteiger partial charge in [0.15, 0.2) is 0 Å². The quantitative estimate of drug-likeness (QED) is 0.840. The molecule has 0 saturated carbocycles. The molecule has 0 spiro atoms. The van der Waals surface area contributed by atoms with Crippen LogP contribution >= 0.6 is 0 Å². The molecule has 4 heteroatoms. The van der Waals surface area contributed by atoms with E-state index in [4.69, 9.17) is 0 Å². The second-order valence-electron chi connectivity index (χ2n) is 5.36. The van der Waals surface area contributed by atoms with E-state index in [2.05, 4.69) is 12.2 Å². The summed E-state index contributed by atoms with van der Waals surface area (Å²) >= 11 is 0. The maximum absolute atomic E-state index is 13.7. The molecule has 3 nitrogen and oxygen atoms in total. The molecule has 2 rings (SSSR count). The third-order valence-electron chi connectivity index (χ3n) is 3.89. The van der Waals surface area contributed by atoms with Crippen LogP contribution in [0.4, 0.5) is 10.1 Å². The van der Waals surface area contributed by atoms with Crippen LogP contribution in [0, 0.1) is 11.7 Å². The van der Waals surface area contributed by atoms with Gasteiger partial charge in [-0.05, 0) is 31.4 Å². The Morgan fingerprint density at radius 2 is 2.05 bits per heavy atom. The van der Waals surface area contributed by atoms with E-state index in [0.29, 0.717) is 5.69 Å². The highest BCUT2D eigenvalue weighted by Gasteiger charge is 2.25. The SMILES string of the molecule is CCCCNC(=O)C1CCN(c2ccccc2F)CC1. The summed E-state index contributed by atoms with van der Waals surface area (Å²) in [5, 5.41) is 2.99. The van der Waals surface area contributed by atoms with E-state index in [1.54, 1.807) is 12.1 Å². The number of piperidine rings is 1. The largest absolute Gasteiger partial charge is 0.369 e. The maximum Gasteiger partial charge on any atom is 0.223 e. The molecule has 1 saturated heterocycles. The fourth-order valence-corrected chi connectivity index (χ4v) is 2.62. The molecule has 1 aliphatic heterocycles. The Morgan fingerprint density at radius 1 is 1.35 bits per heavy atom. The molecule has 1 aromatic rings. The van der Waals surface area contributed by atoms with Gasteiger partial charge in [0, 0.05) is 25.6 Å². The summed E-state index contributed by atoms with van der Waals surface area (Å²) in [5.41, 5.74) is 0.650. The van der Waals surface area contributed by atoms with Crippen LogP contribution in [-0.2, 0) is 4.79 Å². The molecule has 0 atom stereocenters. The van der Waals surface area contributed by atoms with E-state index in [-0.39, 0.29) is 17.6 Å². The standard InChI is InChI=1S/C16H23FN2O/c1-2-3-10-18-16(20)13-8-11-19(12-9-13)15-7-5-4-6-14(15)17/h4-7,13H,2-3,8-12H2,1H3,(H,18,20). The first-order valence-electron chi connectivity index (χ1n) is 7.49. The number of rotatable bonds is 5. The molecular formula is C16H23FN2O. The highest BCUT2D eigenvalue weighted by molar-refractivity contribution is 5.79. The van der Waals surface area contributed by atoms with Crippen molar-refractivity contribution in [2.75, 3.05) is 24.5 Å². The van der Waals surface area contributed by atoms with Crippen molar-refractivity contribution in [3.8, 4) is 0 Å². The van der Waals surface area contributed by atoms with E-state index in [1.165, 1.54) is 6.07 Å². The Hall–Kier alpha value is -1.58. The minimum absolute atomic E-state index is 0.0786. The average Bonchev–Trinajstić information content (AvgIpc) is 2.48. The van der Waals surface area contributed by atoms with Gasteiger partial charge in [-0.3, -0.25) is 4.79 Å². The fraction of sp³-hybridized carbons (Fsp3) is 0.562. The number of nitrogens with one attached hydrogen (secondary N) is 1.